The fourth-order valence-electron chi connectivity index (χ4n) is 2.70. The van der Waals surface area contributed by atoms with Crippen LogP contribution in [0.1, 0.15) is 41.8 Å². The van der Waals surface area contributed by atoms with Crippen molar-refractivity contribution in [1.29, 1.82) is 0 Å². The molecule has 2 atom stereocenters. The lowest BCUT2D eigenvalue weighted by Crippen LogP contribution is -2.40. The van der Waals surface area contributed by atoms with Crippen LogP contribution < -0.4 is 10.1 Å². The number of amides is 1. The molecule has 1 aromatic carbocycles. The lowest BCUT2D eigenvalue weighted by molar-refractivity contribution is 0.0710. The van der Waals surface area contributed by atoms with Crippen LogP contribution in [-0.4, -0.2) is 34.8 Å². The average molecular weight is 331 g/mol. The molecule has 1 N–H and O–H groups in total. The van der Waals surface area contributed by atoms with E-state index in [4.69, 9.17) is 14.0 Å². The van der Waals surface area contributed by atoms with Crippen LogP contribution >= 0.6 is 0 Å². The summed E-state index contributed by atoms with van der Waals surface area (Å²) in [6, 6.07) is 7.05. The summed E-state index contributed by atoms with van der Waals surface area (Å²) >= 11 is 0. The minimum atomic E-state index is -0.183. The number of nitrogens with zero attached hydrogens (tertiary/aromatic N) is 2. The maximum Gasteiger partial charge on any atom is 0.255 e. The summed E-state index contributed by atoms with van der Waals surface area (Å²) in [5, 5.41) is 6.76. The van der Waals surface area contributed by atoms with Gasteiger partial charge in [-0.2, -0.15) is 4.98 Å². The van der Waals surface area contributed by atoms with Gasteiger partial charge in [-0.15, -0.1) is 0 Å². The van der Waals surface area contributed by atoms with E-state index in [-0.39, 0.29) is 24.7 Å². The molecular weight excluding hydrogens is 310 g/mol. The Morgan fingerprint density at radius 3 is 3.00 bits per heavy atom. The third-order valence-corrected chi connectivity index (χ3v) is 3.94. The van der Waals surface area contributed by atoms with Gasteiger partial charge in [-0.05, 0) is 31.9 Å². The van der Waals surface area contributed by atoms with Gasteiger partial charge in [-0.25, -0.2) is 0 Å². The molecule has 1 aliphatic rings. The number of hydrogen-bond acceptors (Lipinski definition) is 6. The molecule has 1 aliphatic heterocycles. The van der Waals surface area contributed by atoms with Crippen LogP contribution in [0.25, 0.3) is 0 Å². The molecule has 0 saturated carbocycles. The molecule has 0 radical (unpaired) electrons. The second-order valence-electron chi connectivity index (χ2n) is 5.83. The van der Waals surface area contributed by atoms with Gasteiger partial charge in [0.15, 0.2) is 6.61 Å². The zero-order valence-electron chi connectivity index (χ0n) is 13.8. The smallest absolute Gasteiger partial charge is 0.255 e. The fraction of sp³-hybridized carbons (Fsp3) is 0.471. The van der Waals surface area contributed by atoms with Crippen molar-refractivity contribution in [2.75, 3.05) is 6.61 Å². The van der Waals surface area contributed by atoms with Gasteiger partial charge < -0.3 is 19.3 Å². The van der Waals surface area contributed by atoms with Crippen molar-refractivity contribution >= 4 is 5.91 Å². The topological polar surface area (TPSA) is 86.5 Å². The number of ether oxygens (including phenoxy) is 2. The fourth-order valence-corrected chi connectivity index (χ4v) is 2.70. The molecule has 1 fully saturated rings. The zero-order valence-corrected chi connectivity index (χ0v) is 13.8. The van der Waals surface area contributed by atoms with Gasteiger partial charge in [0.25, 0.3) is 5.91 Å². The lowest BCUT2D eigenvalue weighted by atomic mass is 10.1. The number of carbonyl (C=O) groups excluding carboxylic acids is 1. The number of hydrogen-bond donors (Lipinski definition) is 1. The highest BCUT2D eigenvalue weighted by Crippen LogP contribution is 2.20. The minimum Gasteiger partial charge on any atom is -0.485 e. The van der Waals surface area contributed by atoms with Crippen molar-refractivity contribution in [2.45, 2.75) is 45.4 Å². The van der Waals surface area contributed by atoms with Crippen LogP contribution in [0.4, 0.5) is 0 Å². The Morgan fingerprint density at radius 2 is 2.29 bits per heavy atom. The van der Waals surface area contributed by atoms with Gasteiger partial charge in [0, 0.05) is 13.5 Å². The third kappa shape index (κ3) is 3.91. The number of nitrogens with one attached hydrogen (secondary N) is 1. The normalized spacial score (nSPS) is 18.3. The summed E-state index contributed by atoms with van der Waals surface area (Å²) < 4.78 is 16.2. The standard InChI is InChI=1S/C17H21N3O4/c1-11(14-8-5-9-22-14)18-17(21)13-6-3-4-7-15(13)23-10-16-19-12(2)24-20-16/h3-4,6-7,11,14H,5,8-10H2,1-2H3,(H,18,21). The van der Waals surface area contributed by atoms with Gasteiger partial charge in [-0.3, -0.25) is 4.79 Å². The van der Waals surface area contributed by atoms with Crippen LogP contribution in [0, 0.1) is 6.92 Å². The molecule has 3 rings (SSSR count). The van der Waals surface area contributed by atoms with Gasteiger partial charge in [0.05, 0.1) is 17.7 Å². The van der Waals surface area contributed by atoms with Crippen LogP contribution in [0.2, 0.25) is 0 Å². The van der Waals surface area contributed by atoms with E-state index >= 15 is 0 Å². The van der Waals surface area contributed by atoms with Gasteiger partial charge in [0.2, 0.25) is 11.7 Å². The molecule has 128 valence electrons. The third-order valence-electron chi connectivity index (χ3n) is 3.94. The molecule has 24 heavy (non-hydrogen) atoms. The Hall–Kier alpha value is -2.41. The number of aryl methyl sites for hydroxylation is 1. The van der Waals surface area contributed by atoms with E-state index in [1.54, 1.807) is 25.1 Å². The second-order valence-corrected chi connectivity index (χ2v) is 5.83. The number of para-hydroxylation sites is 1. The summed E-state index contributed by atoms with van der Waals surface area (Å²) in [7, 11) is 0. The Balaban J connectivity index is 1.65. The van der Waals surface area contributed by atoms with E-state index in [2.05, 4.69) is 15.5 Å². The second kappa shape index (κ2) is 7.44. The number of benzene rings is 1. The molecule has 2 heterocycles. The number of aromatic nitrogens is 2. The van der Waals surface area contributed by atoms with Crippen molar-refractivity contribution < 1.29 is 18.8 Å². The molecule has 7 nitrogen and oxygen atoms in total. The summed E-state index contributed by atoms with van der Waals surface area (Å²) in [4.78, 5) is 16.6. The molecule has 1 aromatic heterocycles. The highest BCUT2D eigenvalue weighted by molar-refractivity contribution is 5.97. The molecule has 1 saturated heterocycles. The summed E-state index contributed by atoms with van der Waals surface area (Å²) in [5.41, 5.74) is 0.475. The van der Waals surface area contributed by atoms with E-state index in [1.165, 1.54) is 0 Å². The van der Waals surface area contributed by atoms with Crippen LogP contribution in [0.15, 0.2) is 28.8 Å². The Kier molecular flexibility index (Phi) is 5.10. The maximum atomic E-state index is 12.6. The molecule has 2 aromatic rings. The molecular formula is C17H21N3O4. The molecule has 2 unspecified atom stereocenters. The highest BCUT2D eigenvalue weighted by Gasteiger charge is 2.25. The summed E-state index contributed by atoms with van der Waals surface area (Å²) in [6.07, 6.45) is 2.08. The largest absolute Gasteiger partial charge is 0.485 e. The Labute approximate surface area is 140 Å². The van der Waals surface area contributed by atoms with Crippen LogP contribution in [-0.2, 0) is 11.3 Å². The Morgan fingerprint density at radius 1 is 1.46 bits per heavy atom. The SMILES string of the molecule is Cc1nc(COc2ccccc2C(=O)NC(C)C2CCCO2)no1. The molecule has 0 spiro atoms. The lowest BCUT2D eigenvalue weighted by Gasteiger charge is -2.20. The van der Waals surface area contributed by atoms with E-state index in [1.807, 2.05) is 13.0 Å². The molecule has 7 heteroatoms. The number of carbonyl (C=O) groups is 1. The minimum absolute atomic E-state index is 0.0482. The van der Waals surface area contributed by atoms with E-state index < -0.39 is 0 Å². The zero-order chi connectivity index (χ0) is 16.9. The highest BCUT2D eigenvalue weighted by atomic mass is 16.5. The van der Waals surface area contributed by atoms with Gasteiger partial charge in [-0.1, -0.05) is 17.3 Å². The molecule has 0 aliphatic carbocycles. The maximum absolute atomic E-state index is 12.6. The first-order chi connectivity index (χ1) is 11.6. The first kappa shape index (κ1) is 16.4. The predicted octanol–water partition coefficient (Wildman–Crippen LogP) is 2.25. The Bertz CT molecular complexity index is 695. The van der Waals surface area contributed by atoms with Crippen LogP contribution in [0.3, 0.4) is 0 Å². The molecule has 0 bridgehead atoms. The van der Waals surface area contributed by atoms with Crippen molar-refractivity contribution in [3.05, 3.63) is 41.5 Å². The quantitative estimate of drug-likeness (QED) is 0.874. The summed E-state index contributed by atoms with van der Waals surface area (Å²) in [6.45, 7) is 4.57. The van der Waals surface area contributed by atoms with Crippen LogP contribution in [0.5, 0.6) is 5.75 Å². The first-order valence-corrected chi connectivity index (χ1v) is 8.07. The van der Waals surface area contributed by atoms with E-state index in [0.717, 1.165) is 19.4 Å². The van der Waals surface area contributed by atoms with Crippen molar-refractivity contribution in [1.82, 2.24) is 15.5 Å². The predicted molar refractivity (Wildman–Crippen MR) is 85.7 cm³/mol. The van der Waals surface area contributed by atoms with E-state index in [0.29, 0.717) is 23.0 Å². The summed E-state index contributed by atoms with van der Waals surface area (Å²) in [5.74, 6) is 1.22. The van der Waals surface area contributed by atoms with Crippen molar-refractivity contribution in [2.24, 2.45) is 0 Å². The average Bonchev–Trinajstić information content (AvgIpc) is 3.24. The van der Waals surface area contributed by atoms with Crippen molar-refractivity contribution in [3.8, 4) is 5.75 Å². The van der Waals surface area contributed by atoms with Gasteiger partial charge >= 0.3 is 0 Å². The molecule has 1 amide bonds. The van der Waals surface area contributed by atoms with E-state index in [9.17, 15) is 4.79 Å². The van der Waals surface area contributed by atoms with Crippen molar-refractivity contribution in [3.63, 3.8) is 0 Å². The monoisotopic (exact) mass is 331 g/mol. The number of rotatable bonds is 6. The van der Waals surface area contributed by atoms with Gasteiger partial charge in [0.1, 0.15) is 5.75 Å². The first-order valence-electron chi connectivity index (χ1n) is 8.07.